The smallest absolute Gasteiger partial charge is 0.297 e. The Hall–Kier alpha value is -3.52. The largest absolute Gasteiger partial charge is 0.494 e. The fourth-order valence-electron chi connectivity index (χ4n) is 3.92. The molecular formula is C24H21N3O4S. The molecule has 3 heterocycles. The molecule has 0 N–H and O–H groups in total. The summed E-state index contributed by atoms with van der Waals surface area (Å²) in [7, 11) is 0. The summed E-state index contributed by atoms with van der Waals surface area (Å²) in [6.45, 7) is 4.53. The highest BCUT2D eigenvalue weighted by Gasteiger charge is 2.45. The fraction of sp³-hybridized carbons (Fsp3) is 0.250. The number of carbonyl (C=O) groups excluding carboxylic acids is 1. The van der Waals surface area contributed by atoms with Gasteiger partial charge >= 0.3 is 0 Å². The number of hydrogen-bond donors (Lipinski definition) is 0. The minimum absolute atomic E-state index is 0.0452. The van der Waals surface area contributed by atoms with Gasteiger partial charge in [-0.1, -0.05) is 48.9 Å². The second kappa shape index (κ2) is 8.20. The lowest BCUT2D eigenvalue weighted by Crippen LogP contribution is -2.29. The molecule has 0 saturated heterocycles. The first-order valence-electron chi connectivity index (χ1n) is 10.5. The summed E-state index contributed by atoms with van der Waals surface area (Å²) < 4.78 is 11.8. The zero-order valence-corrected chi connectivity index (χ0v) is 18.5. The summed E-state index contributed by atoms with van der Waals surface area (Å²) in [6, 6.07) is 13.8. The predicted molar refractivity (Wildman–Crippen MR) is 123 cm³/mol. The van der Waals surface area contributed by atoms with E-state index in [2.05, 4.69) is 17.1 Å². The van der Waals surface area contributed by atoms with Crippen LogP contribution in [-0.4, -0.2) is 22.7 Å². The van der Waals surface area contributed by atoms with Crippen molar-refractivity contribution in [2.45, 2.75) is 32.7 Å². The minimum atomic E-state index is -0.680. The molecule has 8 heteroatoms. The fourth-order valence-corrected chi connectivity index (χ4v) is 4.64. The molecular weight excluding hydrogens is 426 g/mol. The molecule has 2 aromatic heterocycles. The van der Waals surface area contributed by atoms with Crippen LogP contribution in [0.15, 0.2) is 57.7 Å². The van der Waals surface area contributed by atoms with E-state index in [9.17, 15) is 9.59 Å². The van der Waals surface area contributed by atoms with Crippen LogP contribution < -0.4 is 15.1 Å². The number of benzene rings is 2. The number of amides is 1. The van der Waals surface area contributed by atoms with E-state index in [1.54, 1.807) is 24.3 Å². The van der Waals surface area contributed by atoms with Crippen molar-refractivity contribution in [3.63, 3.8) is 0 Å². The number of para-hydroxylation sites is 1. The highest BCUT2D eigenvalue weighted by molar-refractivity contribution is 7.15. The summed E-state index contributed by atoms with van der Waals surface area (Å²) in [5.74, 6) is 0.334. The number of anilines is 1. The Kier molecular flexibility index (Phi) is 5.22. The molecule has 7 nitrogen and oxygen atoms in total. The zero-order chi connectivity index (χ0) is 22.2. The van der Waals surface area contributed by atoms with E-state index in [4.69, 9.17) is 9.15 Å². The maximum Gasteiger partial charge on any atom is 0.297 e. The molecule has 2 aromatic carbocycles. The molecule has 0 bridgehead atoms. The molecule has 162 valence electrons. The molecule has 0 saturated carbocycles. The minimum Gasteiger partial charge on any atom is -0.494 e. The molecule has 0 spiro atoms. The molecule has 1 atom stereocenters. The normalized spacial score (nSPS) is 15.4. The van der Waals surface area contributed by atoms with Gasteiger partial charge in [-0.05, 0) is 43.2 Å². The van der Waals surface area contributed by atoms with Crippen molar-refractivity contribution in [2.24, 2.45) is 0 Å². The van der Waals surface area contributed by atoms with E-state index in [0.717, 1.165) is 23.4 Å². The molecule has 32 heavy (non-hydrogen) atoms. The Balaban J connectivity index is 1.70. The number of rotatable bonds is 6. The third-order valence-corrected chi connectivity index (χ3v) is 6.28. The molecule has 0 fully saturated rings. The van der Waals surface area contributed by atoms with Gasteiger partial charge in [0.2, 0.25) is 10.9 Å². The van der Waals surface area contributed by atoms with Crippen molar-refractivity contribution < 1.29 is 13.9 Å². The van der Waals surface area contributed by atoms with Crippen molar-refractivity contribution >= 4 is 33.3 Å². The standard InChI is InChI=1S/C24H21N3O4S/c1-3-4-12-30-16-9-7-8-15(13-16)20-19-21(28)17-10-5-6-11-18(17)31-22(19)23(29)27(20)24-26-25-14(2)32-24/h5-11,13,20H,3-4,12H2,1-2H3. The molecule has 1 unspecified atom stereocenters. The van der Waals surface area contributed by atoms with Crippen molar-refractivity contribution in [3.8, 4) is 5.75 Å². The second-order valence-electron chi connectivity index (χ2n) is 7.63. The molecule has 0 radical (unpaired) electrons. The summed E-state index contributed by atoms with van der Waals surface area (Å²) >= 11 is 1.30. The number of nitrogens with zero attached hydrogens (tertiary/aromatic N) is 3. The predicted octanol–water partition coefficient (Wildman–Crippen LogP) is 4.88. The van der Waals surface area contributed by atoms with Gasteiger partial charge in [-0.15, -0.1) is 10.2 Å². The third-order valence-electron chi connectivity index (χ3n) is 5.44. The van der Waals surface area contributed by atoms with Gasteiger partial charge in [0.25, 0.3) is 5.91 Å². The lowest BCUT2D eigenvalue weighted by molar-refractivity contribution is 0.0970. The van der Waals surface area contributed by atoms with Crippen molar-refractivity contribution in [2.75, 3.05) is 11.5 Å². The zero-order valence-electron chi connectivity index (χ0n) is 17.7. The van der Waals surface area contributed by atoms with Gasteiger partial charge in [0, 0.05) is 0 Å². The molecule has 5 rings (SSSR count). The van der Waals surface area contributed by atoms with E-state index in [1.165, 1.54) is 16.2 Å². The Morgan fingerprint density at radius 1 is 1.12 bits per heavy atom. The Morgan fingerprint density at radius 2 is 1.97 bits per heavy atom. The maximum atomic E-state index is 13.5. The number of carbonyl (C=O) groups is 1. The van der Waals surface area contributed by atoms with Gasteiger partial charge in [-0.25, -0.2) is 0 Å². The van der Waals surface area contributed by atoms with Crippen LogP contribution >= 0.6 is 11.3 Å². The summed E-state index contributed by atoms with van der Waals surface area (Å²) in [4.78, 5) is 28.5. The van der Waals surface area contributed by atoms with Crippen LogP contribution in [0.1, 0.15) is 52.5 Å². The third kappa shape index (κ3) is 3.36. The Labute approximate surface area is 188 Å². The Bertz CT molecular complexity index is 1380. The summed E-state index contributed by atoms with van der Waals surface area (Å²) in [6.07, 6.45) is 1.98. The van der Waals surface area contributed by atoms with E-state index in [-0.39, 0.29) is 11.2 Å². The molecule has 1 aliphatic heterocycles. The van der Waals surface area contributed by atoms with E-state index >= 15 is 0 Å². The van der Waals surface area contributed by atoms with Crippen LogP contribution in [0.25, 0.3) is 11.0 Å². The monoisotopic (exact) mass is 447 g/mol. The number of aromatic nitrogens is 2. The van der Waals surface area contributed by atoms with E-state index in [1.807, 2.05) is 31.2 Å². The molecule has 4 aromatic rings. The van der Waals surface area contributed by atoms with Crippen LogP contribution in [0.3, 0.4) is 0 Å². The highest BCUT2D eigenvalue weighted by Crippen LogP contribution is 2.42. The number of unbranched alkanes of at least 4 members (excludes halogenated alkanes) is 1. The van der Waals surface area contributed by atoms with Gasteiger partial charge in [-0.3, -0.25) is 14.5 Å². The lowest BCUT2D eigenvalue weighted by Gasteiger charge is -2.22. The van der Waals surface area contributed by atoms with Crippen LogP contribution in [-0.2, 0) is 0 Å². The summed E-state index contributed by atoms with van der Waals surface area (Å²) in [5.41, 5.74) is 1.23. The average molecular weight is 448 g/mol. The van der Waals surface area contributed by atoms with Gasteiger partial charge in [0.15, 0.2) is 5.43 Å². The molecule has 1 aliphatic rings. The second-order valence-corrected chi connectivity index (χ2v) is 8.79. The summed E-state index contributed by atoms with van der Waals surface area (Å²) in [5, 5.41) is 9.85. The molecule has 0 aliphatic carbocycles. The van der Waals surface area contributed by atoms with Gasteiger partial charge in [-0.2, -0.15) is 0 Å². The van der Waals surface area contributed by atoms with Crippen molar-refractivity contribution in [1.29, 1.82) is 0 Å². The number of fused-ring (bicyclic) bond motifs is 2. The van der Waals surface area contributed by atoms with Crippen LogP contribution in [0.5, 0.6) is 5.75 Å². The van der Waals surface area contributed by atoms with Gasteiger partial charge in [0.05, 0.1) is 23.6 Å². The van der Waals surface area contributed by atoms with Gasteiger partial charge < -0.3 is 9.15 Å². The first-order valence-corrected chi connectivity index (χ1v) is 11.3. The number of hydrogen-bond acceptors (Lipinski definition) is 7. The molecule has 1 amide bonds. The van der Waals surface area contributed by atoms with E-state index < -0.39 is 11.9 Å². The van der Waals surface area contributed by atoms with Gasteiger partial charge in [0.1, 0.15) is 16.3 Å². The Morgan fingerprint density at radius 3 is 2.75 bits per heavy atom. The highest BCUT2D eigenvalue weighted by atomic mass is 32.1. The van der Waals surface area contributed by atoms with Crippen LogP contribution in [0, 0.1) is 6.92 Å². The number of aryl methyl sites for hydroxylation is 1. The van der Waals surface area contributed by atoms with Crippen molar-refractivity contribution in [3.05, 3.63) is 80.6 Å². The van der Waals surface area contributed by atoms with E-state index in [0.29, 0.717) is 34.0 Å². The quantitative estimate of drug-likeness (QED) is 0.392. The first kappa shape index (κ1) is 20.4. The van der Waals surface area contributed by atoms with Crippen LogP contribution in [0.4, 0.5) is 5.13 Å². The number of ether oxygens (including phenoxy) is 1. The van der Waals surface area contributed by atoms with Crippen molar-refractivity contribution in [1.82, 2.24) is 10.2 Å². The topological polar surface area (TPSA) is 85.5 Å². The lowest BCUT2D eigenvalue weighted by atomic mass is 9.98. The maximum absolute atomic E-state index is 13.5. The first-order chi connectivity index (χ1) is 15.6. The average Bonchev–Trinajstić information content (AvgIpc) is 3.35. The van der Waals surface area contributed by atoms with Crippen LogP contribution in [0.2, 0.25) is 0 Å². The SMILES string of the molecule is CCCCOc1cccc(C2c3c(oc4ccccc4c3=O)C(=O)N2c2nnc(C)s2)c1.